The fourth-order valence-electron chi connectivity index (χ4n) is 1.26. The molecule has 4 nitrogen and oxygen atoms in total. The Morgan fingerprint density at radius 3 is 2.47 bits per heavy atom. The van der Waals surface area contributed by atoms with Crippen LogP contribution in [0.2, 0.25) is 0 Å². The molecule has 0 saturated carbocycles. The average Bonchev–Trinajstić information content (AvgIpc) is 2.63. The zero-order valence-electron chi connectivity index (χ0n) is 8.22. The standard InChI is InChI=1S/C9H6F4N4/c10-4-1-2-6(9(11,12)13)16-7(4)8-5(14)3-15-17-8/h1-3H,14H2,(H,15,17). The third-order valence-corrected chi connectivity index (χ3v) is 2.04. The molecule has 2 rings (SSSR count). The summed E-state index contributed by atoms with van der Waals surface area (Å²) in [5.41, 5.74) is 3.67. The van der Waals surface area contributed by atoms with E-state index in [0.29, 0.717) is 12.1 Å². The van der Waals surface area contributed by atoms with E-state index in [2.05, 4.69) is 15.2 Å². The Balaban J connectivity index is 2.58. The van der Waals surface area contributed by atoms with Crippen LogP contribution in [0.5, 0.6) is 0 Å². The SMILES string of the molecule is Nc1cn[nH]c1-c1nc(C(F)(F)F)ccc1F. The number of nitrogens with two attached hydrogens (primary N) is 1. The highest BCUT2D eigenvalue weighted by atomic mass is 19.4. The fraction of sp³-hybridized carbons (Fsp3) is 0.111. The van der Waals surface area contributed by atoms with Crippen LogP contribution < -0.4 is 5.73 Å². The van der Waals surface area contributed by atoms with Gasteiger partial charge in [-0.05, 0) is 12.1 Å². The summed E-state index contributed by atoms with van der Waals surface area (Å²) in [6.07, 6.45) is -3.48. The van der Waals surface area contributed by atoms with E-state index in [4.69, 9.17) is 5.73 Å². The molecule has 0 atom stereocenters. The van der Waals surface area contributed by atoms with Crippen LogP contribution in [-0.2, 0) is 6.18 Å². The molecule has 0 aliphatic rings. The number of hydrogen-bond acceptors (Lipinski definition) is 3. The molecule has 90 valence electrons. The second-order valence-electron chi connectivity index (χ2n) is 3.23. The van der Waals surface area contributed by atoms with Crippen LogP contribution in [0.25, 0.3) is 11.4 Å². The lowest BCUT2D eigenvalue weighted by Crippen LogP contribution is -2.09. The smallest absolute Gasteiger partial charge is 0.396 e. The maximum Gasteiger partial charge on any atom is 0.433 e. The summed E-state index contributed by atoms with van der Waals surface area (Å²) in [6, 6.07) is 1.25. The summed E-state index contributed by atoms with van der Waals surface area (Å²) in [5.74, 6) is -0.908. The lowest BCUT2D eigenvalue weighted by atomic mass is 10.2. The maximum atomic E-state index is 13.4. The minimum atomic E-state index is -4.64. The van der Waals surface area contributed by atoms with Gasteiger partial charge in [0.05, 0.1) is 11.9 Å². The van der Waals surface area contributed by atoms with Gasteiger partial charge in [0.2, 0.25) is 0 Å². The molecule has 0 bridgehead atoms. The molecule has 2 heterocycles. The van der Waals surface area contributed by atoms with Crippen molar-refractivity contribution in [1.29, 1.82) is 0 Å². The molecule has 2 aromatic heterocycles. The first kappa shape index (κ1) is 11.4. The van der Waals surface area contributed by atoms with Gasteiger partial charge in [0.15, 0.2) is 5.82 Å². The summed E-state index contributed by atoms with van der Waals surface area (Å²) in [7, 11) is 0. The first-order valence-electron chi connectivity index (χ1n) is 4.42. The number of nitrogen functional groups attached to an aromatic ring is 1. The van der Waals surface area contributed by atoms with Gasteiger partial charge in [-0.3, -0.25) is 5.10 Å². The number of halogens is 4. The molecule has 0 spiro atoms. The molecule has 8 heteroatoms. The highest BCUT2D eigenvalue weighted by Gasteiger charge is 2.33. The number of anilines is 1. The topological polar surface area (TPSA) is 67.6 Å². The molecular formula is C9H6F4N4. The van der Waals surface area contributed by atoms with Gasteiger partial charge in [0, 0.05) is 0 Å². The van der Waals surface area contributed by atoms with E-state index < -0.39 is 23.4 Å². The van der Waals surface area contributed by atoms with Crippen molar-refractivity contribution in [3.8, 4) is 11.4 Å². The van der Waals surface area contributed by atoms with E-state index in [1.165, 1.54) is 0 Å². The fourth-order valence-corrected chi connectivity index (χ4v) is 1.26. The van der Waals surface area contributed by atoms with E-state index in [0.717, 1.165) is 6.20 Å². The van der Waals surface area contributed by atoms with Crippen molar-refractivity contribution < 1.29 is 17.6 Å². The van der Waals surface area contributed by atoms with E-state index in [9.17, 15) is 17.6 Å². The largest absolute Gasteiger partial charge is 0.433 e. The Kier molecular flexibility index (Phi) is 2.49. The van der Waals surface area contributed by atoms with Crippen molar-refractivity contribution in [1.82, 2.24) is 15.2 Å². The molecule has 0 aliphatic carbocycles. The summed E-state index contributed by atoms with van der Waals surface area (Å²) in [6.45, 7) is 0. The summed E-state index contributed by atoms with van der Waals surface area (Å²) >= 11 is 0. The van der Waals surface area contributed by atoms with E-state index in [-0.39, 0.29) is 11.4 Å². The Hall–Kier alpha value is -2.12. The van der Waals surface area contributed by atoms with Gasteiger partial charge < -0.3 is 5.73 Å². The molecule has 3 N–H and O–H groups in total. The molecule has 0 saturated heterocycles. The highest BCUT2D eigenvalue weighted by molar-refractivity contribution is 5.69. The minimum Gasteiger partial charge on any atom is -0.396 e. The monoisotopic (exact) mass is 246 g/mol. The maximum absolute atomic E-state index is 13.4. The molecule has 0 aliphatic heterocycles. The van der Waals surface area contributed by atoms with Gasteiger partial charge in [-0.2, -0.15) is 18.3 Å². The summed E-state index contributed by atoms with van der Waals surface area (Å²) in [5, 5.41) is 5.79. The van der Waals surface area contributed by atoms with Crippen molar-refractivity contribution in [3.05, 3.63) is 29.8 Å². The molecule has 0 radical (unpaired) electrons. The van der Waals surface area contributed by atoms with Gasteiger partial charge in [-0.25, -0.2) is 9.37 Å². The van der Waals surface area contributed by atoms with Gasteiger partial charge in [0.25, 0.3) is 0 Å². The number of H-pyrrole nitrogens is 1. The highest BCUT2D eigenvalue weighted by Crippen LogP contribution is 2.31. The number of hydrogen-bond donors (Lipinski definition) is 2. The predicted octanol–water partition coefficient (Wildman–Crippen LogP) is 2.21. The molecule has 0 aromatic carbocycles. The van der Waals surface area contributed by atoms with E-state index in [1.807, 2.05) is 0 Å². The number of aromatic amines is 1. The second kappa shape index (κ2) is 3.72. The molecular weight excluding hydrogens is 240 g/mol. The van der Waals surface area contributed by atoms with Crippen LogP contribution in [-0.4, -0.2) is 15.2 Å². The normalized spacial score (nSPS) is 11.8. The number of rotatable bonds is 1. The lowest BCUT2D eigenvalue weighted by molar-refractivity contribution is -0.141. The van der Waals surface area contributed by atoms with Gasteiger partial charge in [-0.1, -0.05) is 0 Å². The van der Waals surface area contributed by atoms with Crippen LogP contribution in [0.4, 0.5) is 23.2 Å². The number of alkyl halides is 3. The van der Waals surface area contributed by atoms with Gasteiger partial charge in [-0.15, -0.1) is 0 Å². The first-order valence-corrected chi connectivity index (χ1v) is 4.42. The average molecular weight is 246 g/mol. The Bertz CT molecular complexity index is 546. The Labute approximate surface area is 92.5 Å². The third kappa shape index (κ3) is 2.05. The summed E-state index contributed by atoms with van der Waals surface area (Å²) in [4.78, 5) is 3.20. The summed E-state index contributed by atoms with van der Waals surface area (Å²) < 4.78 is 50.6. The number of pyridine rings is 1. The van der Waals surface area contributed by atoms with Crippen molar-refractivity contribution in [2.75, 3.05) is 5.73 Å². The zero-order chi connectivity index (χ0) is 12.6. The molecule has 0 fully saturated rings. The third-order valence-electron chi connectivity index (χ3n) is 2.04. The quantitative estimate of drug-likeness (QED) is 0.758. The first-order chi connectivity index (χ1) is 7.89. The van der Waals surface area contributed by atoms with Gasteiger partial charge >= 0.3 is 6.18 Å². The van der Waals surface area contributed by atoms with Crippen molar-refractivity contribution >= 4 is 5.69 Å². The number of nitrogens with one attached hydrogen (secondary N) is 1. The van der Waals surface area contributed by atoms with Gasteiger partial charge in [0.1, 0.15) is 17.1 Å². The Morgan fingerprint density at radius 1 is 1.24 bits per heavy atom. The minimum absolute atomic E-state index is 0.0238. The molecule has 0 unspecified atom stereocenters. The zero-order valence-corrected chi connectivity index (χ0v) is 8.22. The van der Waals surface area contributed by atoms with Crippen LogP contribution in [0.3, 0.4) is 0 Å². The van der Waals surface area contributed by atoms with E-state index in [1.54, 1.807) is 0 Å². The van der Waals surface area contributed by atoms with E-state index >= 15 is 0 Å². The molecule has 17 heavy (non-hydrogen) atoms. The van der Waals surface area contributed by atoms with Crippen LogP contribution in [0.15, 0.2) is 18.3 Å². The van der Waals surface area contributed by atoms with Crippen LogP contribution in [0.1, 0.15) is 5.69 Å². The van der Waals surface area contributed by atoms with Crippen LogP contribution >= 0.6 is 0 Å². The van der Waals surface area contributed by atoms with Crippen LogP contribution in [0, 0.1) is 5.82 Å². The van der Waals surface area contributed by atoms with Crippen molar-refractivity contribution in [2.24, 2.45) is 0 Å². The second-order valence-corrected chi connectivity index (χ2v) is 3.23. The Morgan fingerprint density at radius 2 is 1.94 bits per heavy atom. The lowest BCUT2D eigenvalue weighted by Gasteiger charge is -2.08. The predicted molar refractivity (Wildman–Crippen MR) is 51.2 cm³/mol. The number of nitrogens with zero attached hydrogens (tertiary/aromatic N) is 2. The van der Waals surface area contributed by atoms with Crippen molar-refractivity contribution in [2.45, 2.75) is 6.18 Å². The van der Waals surface area contributed by atoms with Crippen molar-refractivity contribution in [3.63, 3.8) is 0 Å². The number of aromatic nitrogens is 3. The molecule has 2 aromatic rings. The molecule has 0 amide bonds.